The van der Waals surface area contributed by atoms with E-state index >= 15 is 0 Å². The van der Waals surface area contributed by atoms with Crippen LogP contribution in [0.4, 0.5) is 0 Å². The van der Waals surface area contributed by atoms with Crippen LogP contribution >= 0.6 is 28.3 Å². The summed E-state index contributed by atoms with van der Waals surface area (Å²) in [4.78, 5) is 11.4. The second-order valence-electron chi connectivity index (χ2n) is 4.10. The lowest BCUT2D eigenvalue weighted by molar-refractivity contribution is -0.143. The van der Waals surface area contributed by atoms with Crippen molar-refractivity contribution in [3.63, 3.8) is 0 Å². The van der Waals surface area contributed by atoms with Gasteiger partial charge in [-0.05, 0) is 30.5 Å². The Morgan fingerprint density at radius 1 is 1.19 bits per heavy atom. The van der Waals surface area contributed by atoms with Gasteiger partial charge >= 0.3 is 5.97 Å². The molecule has 0 unspecified atom stereocenters. The third kappa shape index (κ3) is 2.25. The van der Waals surface area contributed by atoms with Gasteiger partial charge in [0.2, 0.25) is 0 Å². The van der Waals surface area contributed by atoms with E-state index < -0.39 is 11.4 Å². The molecular formula is C12H14BrClO2. The van der Waals surface area contributed by atoms with Crippen molar-refractivity contribution < 1.29 is 9.90 Å². The van der Waals surface area contributed by atoms with Crippen LogP contribution in [0.3, 0.4) is 0 Å². The van der Waals surface area contributed by atoms with E-state index in [-0.39, 0.29) is 12.4 Å². The van der Waals surface area contributed by atoms with Crippen molar-refractivity contribution in [1.82, 2.24) is 0 Å². The first-order valence-electron chi connectivity index (χ1n) is 5.15. The van der Waals surface area contributed by atoms with Gasteiger partial charge in [-0.1, -0.05) is 40.9 Å². The molecule has 2 nitrogen and oxygen atoms in total. The van der Waals surface area contributed by atoms with Crippen molar-refractivity contribution in [3.05, 3.63) is 34.3 Å². The third-order valence-corrected chi connectivity index (χ3v) is 3.79. The molecule has 1 aromatic carbocycles. The summed E-state index contributed by atoms with van der Waals surface area (Å²) in [7, 11) is 0. The van der Waals surface area contributed by atoms with Crippen LogP contribution in [0, 0.1) is 0 Å². The molecule has 0 aliphatic heterocycles. The second kappa shape index (κ2) is 5.19. The van der Waals surface area contributed by atoms with Crippen LogP contribution in [-0.2, 0) is 10.2 Å². The molecular weight excluding hydrogens is 291 g/mol. The Morgan fingerprint density at radius 3 is 2.12 bits per heavy atom. The number of carboxylic acid groups (broad SMARTS) is 1. The van der Waals surface area contributed by atoms with Gasteiger partial charge in [0, 0.05) is 4.47 Å². The minimum Gasteiger partial charge on any atom is -0.481 e. The predicted molar refractivity (Wildman–Crippen MR) is 69.2 cm³/mol. The van der Waals surface area contributed by atoms with Gasteiger partial charge in [0.05, 0.1) is 5.41 Å². The number of aliphatic carboxylic acids is 1. The average molecular weight is 306 g/mol. The molecule has 0 aromatic heterocycles. The summed E-state index contributed by atoms with van der Waals surface area (Å²) in [6.45, 7) is 0. The van der Waals surface area contributed by atoms with Crippen molar-refractivity contribution in [1.29, 1.82) is 0 Å². The fraction of sp³-hybridized carbons (Fsp3) is 0.417. The summed E-state index contributed by atoms with van der Waals surface area (Å²) in [6, 6.07) is 7.67. The number of carbonyl (C=O) groups is 1. The summed E-state index contributed by atoms with van der Waals surface area (Å²) in [5.74, 6) is -0.678. The number of halogens is 2. The van der Waals surface area contributed by atoms with Crippen LogP contribution in [0.5, 0.6) is 0 Å². The lowest BCUT2D eigenvalue weighted by atomic mass is 9.79. The highest BCUT2D eigenvalue weighted by Crippen LogP contribution is 2.41. The molecule has 0 radical (unpaired) electrons. The van der Waals surface area contributed by atoms with Gasteiger partial charge in [-0.3, -0.25) is 4.79 Å². The number of hydrogen-bond donors (Lipinski definition) is 1. The molecule has 0 saturated heterocycles. The molecule has 0 amide bonds. The first kappa shape index (κ1) is 13.5. The Balaban J connectivity index is 0.00000128. The molecule has 0 spiro atoms. The van der Waals surface area contributed by atoms with Gasteiger partial charge in [-0.25, -0.2) is 0 Å². The molecule has 2 rings (SSSR count). The summed E-state index contributed by atoms with van der Waals surface area (Å²) < 4.78 is 0.991. The van der Waals surface area contributed by atoms with Gasteiger partial charge in [0.15, 0.2) is 0 Å². The Labute approximate surface area is 110 Å². The molecule has 0 atom stereocenters. The van der Waals surface area contributed by atoms with Crippen LogP contribution in [0.1, 0.15) is 31.2 Å². The van der Waals surface area contributed by atoms with E-state index in [0.29, 0.717) is 0 Å². The maximum Gasteiger partial charge on any atom is 0.314 e. The summed E-state index contributed by atoms with van der Waals surface area (Å²) >= 11 is 3.36. The zero-order chi connectivity index (χ0) is 10.9. The van der Waals surface area contributed by atoms with E-state index in [9.17, 15) is 9.90 Å². The molecule has 1 fully saturated rings. The number of rotatable bonds is 2. The third-order valence-electron chi connectivity index (χ3n) is 3.26. The highest BCUT2D eigenvalue weighted by molar-refractivity contribution is 9.10. The Morgan fingerprint density at radius 2 is 1.69 bits per heavy atom. The lowest BCUT2D eigenvalue weighted by Crippen LogP contribution is -2.32. The second-order valence-corrected chi connectivity index (χ2v) is 5.02. The van der Waals surface area contributed by atoms with E-state index in [4.69, 9.17) is 0 Å². The summed E-state index contributed by atoms with van der Waals surface area (Å²) in [6.07, 6.45) is 3.57. The lowest BCUT2D eigenvalue weighted by Gasteiger charge is -2.24. The van der Waals surface area contributed by atoms with Crippen LogP contribution < -0.4 is 0 Å². The van der Waals surface area contributed by atoms with Crippen LogP contribution in [0.2, 0.25) is 0 Å². The van der Waals surface area contributed by atoms with Gasteiger partial charge < -0.3 is 5.11 Å². The van der Waals surface area contributed by atoms with E-state index in [1.807, 2.05) is 24.3 Å². The first-order valence-corrected chi connectivity index (χ1v) is 5.94. The maximum absolute atomic E-state index is 11.4. The normalized spacial score (nSPS) is 17.8. The molecule has 1 N–H and O–H groups in total. The topological polar surface area (TPSA) is 37.3 Å². The Kier molecular flexibility index (Phi) is 4.39. The molecule has 4 heteroatoms. The van der Waals surface area contributed by atoms with Gasteiger partial charge in [0.1, 0.15) is 0 Å². The van der Waals surface area contributed by atoms with Crippen LogP contribution in [0.15, 0.2) is 28.7 Å². The standard InChI is InChI=1S/C12H13BrO2.ClH/c13-10-5-3-9(4-6-10)12(11(14)15)7-1-2-8-12;/h3-6H,1-2,7-8H2,(H,14,15);1H. The minimum absolute atomic E-state index is 0. The average Bonchev–Trinajstić information content (AvgIpc) is 2.69. The largest absolute Gasteiger partial charge is 0.481 e. The molecule has 1 aromatic rings. The Hall–Kier alpha value is -0.540. The maximum atomic E-state index is 11.4. The SMILES string of the molecule is Cl.O=C(O)C1(c2ccc(Br)cc2)CCCC1. The molecule has 0 bridgehead atoms. The quantitative estimate of drug-likeness (QED) is 0.903. The molecule has 16 heavy (non-hydrogen) atoms. The van der Waals surface area contributed by atoms with E-state index in [1.54, 1.807) is 0 Å². The number of benzene rings is 1. The van der Waals surface area contributed by atoms with Crippen LogP contribution in [0.25, 0.3) is 0 Å². The fourth-order valence-corrected chi connectivity index (χ4v) is 2.64. The minimum atomic E-state index is -0.678. The van der Waals surface area contributed by atoms with Crippen molar-refractivity contribution in [3.8, 4) is 0 Å². The zero-order valence-electron chi connectivity index (χ0n) is 8.78. The monoisotopic (exact) mass is 304 g/mol. The molecule has 1 aliphatic rings. The van der Waals surface area contributed by atoms with E-state index in [1.165, 1.54) is 0 Å². The molecule has 0 heterocycles. The molecule has 1 aliphatic carbocycles. The van der Waals surface area contributed by atoms with Crippen molar-refractivity contribution in [2.45, 2.75) is 31.1 Å². The highest BCUT2D eigenvalue weighted by atomic mass is 79.9. The summed E-state index contributed by atoms with van der Waals surface area (Å²) in [5.41, 5.74) is 0.316. The van der Waals surface area contributed by atoms with Crippen molar-refractivity contribution in [2.24, 2.45) is 0 Å². The van der Waals surface area contributed by atoms with Crippen LogP contribution in [-0.4, -0.2) is 11.1 Å². The highest BCUT2D eigenvalue weighted by Gasteiger charge is 2.42. The zero-order valence-corrected chi connectivity index (χ0v) is 11.2. The van der Waals surface area contributed by atoms with E-state index in [2.05, 4.69) is 15.9 Å². The fourth-order valence-electron chi connectivity index (χ4n) is 2.37. The van der Waals surface area contributed by atoms with Crippen molar-refractivity contribution in [2.75, 3.05) is 0 Å². The first-order chi connectivity index (χ1) is 7.15. The molecule has 1 saturated carbocycles. The van der Waals surface area contributed by atoms with Gasteiger partial charge in [-0.15, -0.1) is 12.4 Å². The number of carboxylic acids is 1. The summed E-state index contributed by atoms with van der Waals surface area (Å²) in [5, 5.41) is 9.37. The van der Waals surface area contributed by atoms with Gasteiger partial charge in [-0.2, -0.15) is 0 Å². The van der Waals surface area contributed by atoms with Gasteiger partial charge in [0.25, 0.3) is 0 Å². The Bertz CT molecular complexity index is 369. The molecule has 88 valence electrons. The van der Waals surface area contributed by atoms with Crippen molar-refractivity contribution >= 4 is 34.3 Å². The smallest absolute Gasteiger partial charge is 0.314 e. The predicted octanol–water partition coefficient (Wildman–Crippen LogP) is 3.77. The van der Waals surface area contributed by atoms with E-state index in [0.717, 1.165) is 35.7 Å². The number of hydrogen-bond acceptors (Lipinski definition) is 1.